The molecule has 0 saturated heterocycles. The van der Waals surface area contributed by atoms with Crippen LogP contribution in [0.15, 0.2) is 30.5 Å². The lowest BCUT2D eigenvalue weighted by molar-refractivity contribution is 0.0601. The van der Waals surface area contributed by atoms with Gasteiger partial charge < -0.3 is 4.74 Å². The van der Waals surface area contributed by atoms with Crippen LogP contribution in [0.1, 0.15) is 10.4 Å². The van der Waals surface area contributed by atoms with Crippen LogP contribution in [0, 0.1) is 0 Å². The fourth-order valence-electron chi connectivity index (χ4n) is 1.39. The summed E-state index contributed by atoms with van der Waals surface area (Å²) in [6.45, 7) is 0. The second-order valence-electron chi connectivity index (χ2n) is 3.03. The van der Waals surface area contributed by atoms with Gasteiger partial charge in [0, 0.05) is 11.6 Å². The number of rotatable bonds is 1. The van der Waals surface area contributed by atoms with E-state index >= 15 is 0 Å². The van der Waals surface area contributed by atoms with Crippen molar-refractivity contribution in [2.24, 2.45) is 0 Å². The summed E-state index contributed by atoms with van der Waals surface area (Å²) in [6.07, 6.45) is 1.60. The van der Waals surface area contributed by atoms with Gasteiger partial charge in [-0.25, -0.2) is 9.78 Å². The quantitative estimate of drug-likeness (QED) is 0.549. The first-order valence-corrected chi connectivity index (χ1v) is 4.73. The van der Waals surface area contributed by atoms with E-state index in [0.717, 1.165) is 10.8 Å². The van der Waals surface area contributed by atoms with Gasteiger partial charge in [0.2, 0.25) is 0 Å². The van der Waals surface area contributed by atoms with Gasteiger partial charge in [0.05, 0.1) is 12.7 Å². The zero-order chi connectivity index (χ0) is 10.8. The van der Waals surface area contributed by atoms with Gasteiger partial charge in [-0.1, -0.05) is 17.7 Å². The number of hydrogen-bond donors (Lipinski definition) is 0. The normalized spacial score (nSPS) is 10.3. The summed E-state index contributed by atoms with van der Waals surface area (Å²) >= 11 is 5.90. The van der Waals surface area contributed by atoms with Crippen molar-refractivity contribution in [3.05, 3.63) is 41.2 Å². The number of halogens is 1. The van der Waals surface area contributed by atoms with Gasteiger partial charge in [0.1, 0.15) is 5.15 Å². The number of aromatic nitrogens is 1. The van der Waals surface area contributed by atoms with Crippen molar-refractivity contribution in [2.75, 3.05) is 7.11 Å². The SMILES string of the molecule is COC(=O)c1ccc2c(Cl)nccc2c1. The highest BCUT2D eigenvalue weighted by Crippen LogP contribution is 2.22. The summed E-state index contributed by atoms with van der Waals surface area (Å²) in [4.78, 5) is 15.2. The van der Waals surface area contributed by atoms with Crippen LogP contribution in [0.3, 0.4) is 0 Å². The minimum atomic E-state index is -0.357. The largest absolute Gasteiger partial charge is 0.465 e. The zero-order valence-corrected chi connectivity index (χ0v) is 8.78. The Bertz CT molecular complexity index is 525. The summed E-state index contributed by atoms with van der Waals surface area (Å²) in [5.41, 5.74) is 0.507. The molecule has 1 aromatic heterocycles. The maximum Gasteiger partial charge on any atom is 0.337 e. The lowest BCUT2D eigenvalue weighted by Crippen LogP contribution is -2.00. The molecular formula is C11H8ClNO2. The predicted molar refractivity (Wildman–Crippen MR) is 58.1 cm³/mol. The van der Waals surface area contributed by atoms with Crippen molar-refractivity contribution < 1.29 is 9.53 Å². The molecule has 0 aliphatic heterocycles. The molecule has 0 fully saturated rings. The minimum Gasteiger partial charge on any atom is -0.465 e. The molecule has 2 aromatic rings. The lowest BCUT2D eigenvalue weighted by atomic mass is 10.1. The number of hydrogen-bond acceptors (Lipinski definition) is 3. The number of carbonyl (C=O) groups is 1. The van der Waals surface area contributed by atoms with E-state index in [1.54, 1.807) is 30.5 Å². The highest BCUT2D eigenvalue weighted by molar-refractivity contribution is 6.34. The first kappa shape index (κ1) is 9.93. The predicted octanol–water partition coefficient (Wildman–Crippen LogP) is 2.67. The molecule has 2 rings (SSSR count). The van der Waals surface area contributed by atoms with E-state index < -0.39 is 0 Å². The van der Waals surface area contributed by atoms with Gasteiger partial charge >= 0.3 is 5.97 Å². The number of esters is 1. The van der Waals surface area contributed by atoms with E-state index in [-0.39, 0.29) is 5.97 Å². The van der Waals surface area contributed by atoms with Crippen molar-refractivity contribution in [3.63, 3.8) is 0 Å². The Hall–Kier alpha value is -1.61. The van der Waals surface area contributed by atoms with E-state index in [0.29, 0.717) is 10.7 Å². The molecule has 0 radical (unpaired) electrons. The number of nitrogens with zero attached hydrogens (tertiary/aromatic N) is 1. The molecule has 3 nitrogen and oxygen atoms in total. The van der Waals surface area contributed by atoms with E-state index in [1.807, 2.05) is 0 Å². The van der Waals surface area contributed by atoms with Crippen molar-refractivity contribution in [1.82, 2.24) is 4.98 Å². The molecule has 0 aliphatic rings. The number of pyridine rings is 1. The Morgan fingerprint density at radius 2 is 2.20 bits per heavy atom. The maximum atomic E-state index is 11.3. The van der Waals surface area contributed by atoms with Crippen LogP contribution in [0.4, 0.5) is 0 Å². The van der Waals surface area contributed by atoms with Gasteiger partial charge in [0.25, 0.3) is 0 Å². The van der Waals surface area contributed by atoms with E-state index in [9.17, 15) is 4.79 Å². The average Bonchev–Trinajstić information content (AvgIpc) is 2.28. The smallest absolute Gasteiger partial charge is 0.337 e. The molecule has 1 heterocycles. The zero-order valence-electron chi connectivity index (χ0n) is 8.03. The summed E-state index contributed by atoms with van der Waals surface area (Å²) < 4.78 is 4.63. The van der Waals surface area contributed by atoms with E-state index in [2.05, 4.69) is 9.72 Å². The molecule has 0 unspecified atom stereocenters. The van der Waals surface area contributed by atoms with Crippen molar-refractivity contribution >= 4 is 28.3 Å². The van der Waals surface area contributed by atoms with Crippen LogP contribution in [0.5, 0.6) is 0 Å². The van der Waals surface area contributed by atoms with Crippen LogP contribution in [-0.2, 0) is 4.74 Å². The molecule has 0 N–H and O–H groups in total. The minimum absolute atomic E-state index is 0.357. The third-order valence-electron chi connectivity index (χ3n) is 2.14. The van der Waals surface area contributed by atoms with Crippen LogP contribution in [0.2, 0.25) is 5.15 Å². The Balaban J connectivity index is 2.62. The summed E-state index contributed by atoms with van der Waals surface area (Å²) in [5, 5.41) is 2.13. The van der Waals surface area contributed by atoms with Crippen molar-refractivity contribution in [1.29, 1.82) is 0 Å². The van der Waals surface area contributed by atoms with Gasteiger partial charge in [-0.05, 0) is 23.6 Å². The third kappa shape index (κ3) is 1.78. The number of methoxy groups -OCH3 is 1. The topological polar surface area (TPSA) is 39.2 Å². The number of benzene rings is 1. The first-order valence-electron chi connectivity index (χ1n) is 4.35. The molecule has 1 aromatic carbocycles. The Kier molecular flexibility index (Phi) is 2.56. The standard InChI is InChI=1S/C11H8ClNO2/c1-15-11(14)8-2-3-9-7(6-8)4-5-13-10(9)12/h2-6H,1H3. The molecule has 0 bridgehead atoms. The van der Waals surface area contributed by atoms with Crippen LogP contribution in [-0.4, -0.2) is 18.1 Å². The van der Waals surface area contributed by atoms with Crippen LogP contribution >= 0.6 is 11.6 Å². The number of fused-ring (bicyclic) bond motifs is 1. The summed E-state index contributed by atoms with van der Waals surface area (Å²) in [6, 6.07) is 6.96. The second-order valence-corrected chi connectivity index (χ2v) is 3.39. The van der Waals surface area contributed by atoms with Gasteiger partial charge in [-0.2, -0.15) is 0 Å². The number of ether oxygens (including phenoxy) is 1. The fraction of sp³-hybridized carbons (Fsp3) is 0.0909. The Morgan fingerprint density at radius 1 is 1.40 bits per heavy atom. The Labute approximate surface area is 91.6 Å². The van der Waals surface area contributed by atoms with Gasteiger partial charge in [-0.3, -0.25) is 0 Å². The van der Waals surface area contributed by atoms with Crippen molar-refractivity contribution in [2.45, 2.75) is 0 Å². The molecular weight excluding hydrogens is 214 g/mol. The molecule has 76 valence electrons. The molecule has 15 heavy (non-hydrogen) atoms. The highest BCUT2D eigenvalue weighted by Gasteiger charge is 2.07. The summed E-state index contributed by atoms with van der Waals surface area (Å²) in [7, 11) is 1.35. The third-order valence-corrected chi connectivity index (χ3v) is 2.44. The monoisotopic (exact) mass is 221 g/mol. The number of carbonyl (C=O) groups excluding carboxylic acids is 1. The van der Waals surface area contributed by atoms with E-state index in [4.69, 9.17) is 11.6 Å². The Morgan fingerprint density at radius 3 is 2.93 bits per heavy atom. The van der Waals surface area contributed by atoms with Crippen LogP contribution in [0.25, 0.3) is 10.8 Å². The fourth-order valence-corrected chi connectivity index (χ4v) is 1.61. The van der Waals surface area contributed by atoms with Crippen molar-refractivity contribution in [3.8, 4) is 0 Å². The molecule has 0 spiro atoms. The molecule has 0 saturated carbocycles. The second kappa shape index (κ2) is 3.87. The van der Waals surface area contributed by atoms with Gasteiger partial charge in [0.15, 0.2) is 0 Å². The van der Waals surface area contributed by atoms with Crippen LogP contribution < -0.4 is 0 Å². The molecule has 4 heteroatoms. The lowest BCUT2D eigenvalue weighted by Gasteiger charge is -2.02. The maximum absolute atomic E-state index is 11.3. The van der Waals surface area contributed by atoms with E-state index in [1.165, 1.54) is 7.11 Å². The molecule has 0 amide bonds. The first-order chi connectivity index (χ1) is 7.22. The van der Waals surface area contributed by atoms with Gasteiger partial charge in [-0.15, -0.1) is 0 Å². The average molecular weight is 222 g/mol. The molecule has 0 aliphatic carbocycles. The molecule has 0 atom stereocenters. The highest BCUT2D eigenvalue weighted by atomic mass is 35.5. The summed E-state index contributed by atoms with van der Waals surface area (Å²) in [5.74, 6) is -0.357.